The molecule has 2 aromatic rings. The van der Waals surface area contributed by atoms with E-state index < -0.39 is 18.0 Å². The number of benzene rings is 2. The molecular weight excluding hydrogens is 285 g/mol. The molecular formula is C17H14FNO3. The number of carbonyl (C=O) groups excluding carboxylic acids is 1. The van der Waals surface area contributed by atoms with Gasteiger partial charge in [0.15, 0.2) is 0 Å². The van der Waals surface area contributed by atoms with Crippen molar-refractivity contribution in [2.24, 2.45) is 0 Å². The van der Waals surface area contributed by atoms with E-state index in [4.69, 9.17) is 4.74 Å². The molecule has 1 aliphatic carbocycles. The Morgan fingerprint density at radius 1 is 1.18 bits per heavy atom. The first-order valence-electron chi connectivity index (χ1n) is 6.77. The van der Waals surface area contributed by atoms with Crippen molar-refractivity contribution in [3.63, 3.8) is 0 Å². The van der Waals surface area contributed by atoms with Crippen LogP contribution in [0.3, 0.4) is 0 Å². The van der Waals surface area contributed by atoms with Gasteiger partial charge in [-0.2, -0.15) is 0 Å². The standard InChI is InChI=1S/C17H14FNO3/c1-19(14-9-5-4-8-13(14)18)17(21)22-16-10-15(20)11-6-2-3-7-12(11)16/h2-10,15,20H,1H3. The lowest BCUT2D eigenvalue weighted by Gasteiger charge is -2.18. The average Bonchev–Trinajstić information content (AvgIpc) is 2.84. The van der Waals surface area contributed by atoms with Gasteiger partial charge in [-0.05, 0) is 23.8 Å². The number of anilines is 1. The summed E-state index contributed by atoms with van der Waals surface area (Å²) in [6, 6.07) is 13.0. The molecule has 22 heavy (non-hydrogen) atoms. The number of halogens is 1. The minimum absolute atomic E-state index is 0.125. The third-order valence-corrected chi connectivity index (χ3v) is 3.54. The smallest absolute Gasteiger partial charge is 0.410 e. The fourth-order valence-electron chi connectivity index (χ4n) is 2.38. The highest BCUT2D eigenvalue weighted by Gasteiger charge is 2.26. The summed E-state index contributed by atoms with van der Waals surface area (Å²) >= 11 is 0. The Hall–Kier alpha value is -2.66. The summed E-state index contributed by atoms with van der Waals surface area (Å²) in [5.41, 5.74) is 1.46. The van der Waals surface area contributed by atoms with Crippen LogP contribution in [0.5, 0.6) is 0 Å². The lowest BCUT2D eigenvalue weighted by Crippen LogP contribution is -2.27. The zero-order chi connectivity index (χ0) is 15.7. The van der Waals surface area contributed by atoms with Gasteiger partial charge in [-0.25, -0.2) is 9.18 Å². The number of hydrogen-bond acceptors (Lipinski definition) is 3. The predicted octanol–water partition coefficient (Wildman–Crippen LogP) is 3.49. The Morgan fingerprint density at radius 3 is 2.64 bits per heavy atom. The minimum Gasteiger partial charge on any atom is -0.410 e. The minimum atomic E-state index is -0.808. The highest BCUT2D eigenvalue weighted by molar-refractivity contribution is 5.91. The molecule has 0 spiro atoms. The van der Waals surface area contributed by atoms with E-state index in [1.165, 1.54) is 25.3 Å². The molecule has 1 N–H and O–H groups in total. The number of carbonyl (C=O) groups is 1. The van der Waals surface area contributed by atoms with Crippen molar-refractivity contribution in [2.75, 3.05) is 11.9 Å². The molecule has 5 heteroatoms. The van der Waals surface area contributed by atoms with Crippen LogP contribution in [0, 0.1) is 5.82 Å². The normalized spacial score (nSPS) is 16.0. The molecule has 4 nitrogen and oxygen atoms in total. The fourth-order valence-corrected chi connectivity index (χ4v) is 2.38. The maximum absolute atomic E-state index is 13.7. The van der Waals surface area contributed by atoms with Crippen molar-refractivity contribution >= 4 is 17.5 Å². The Balaban J connectivity index is 1.81. The number of fused-ring (bicyclic) bond motifs is 1. The van der Waals surface area contributed by atoms with E-state index in [1.807, 2.05) is 0 Å². The van der Waals surface area contributed by atoms with E-state index in [0.29, 0.717) is 11.1 Å². The van der Waals surface area contributed by atoms with Gasteiger partial charge < -0.3 is 9.84 Å². The van der Waals surface area contributed by atoms with Crippen molar-refractivity contribution in [1.82, 2.24) is 0 Å². The molecule has 2 aromatic carbocycles. The topological polar surface area (TPSA) is 49.8 Å². The molecule has 0 bridgehead atoms. The largest absolute Gasteiger partial charge is 0.419 e. The van der Waals surface area contributed by atoms with Crippen LogP contribution in [0.4, 0.5) is 14.9 Å². The summed E-state index contributed by atoms with van der Waals surface area (Å²) in [6.45, 7) is 0. The number of nitrogens with zero attached hydrogens (tertiary/aromatic N) is 1. The summed E-state index contributed by atoms with van der Waals surface area (Å²) < 4.78 is 19.0. The zero-order valence-electron chi connectivity index (χ0n) is 11.9. The van der Waals surface area contributed by atoms with Gasteiger partial charge >= 0.3 is 6.09 Å². The van der Waals surface area contributed by atoms with Crippen molar-refractivity contribution in [1.29, 1.82) is 0 Å². The van der Waals surface area contributed by atoms with Gasteiger partial charge in [-0.15, -0.1) is 0 Å². The quantitative estimate of drug-likeness (QED) is 0.923. The lowest BCUT2D eigenvalue weighted by molar-refractivity contribution is 0.199. The molecule has 0 heterocycles. The highest BCUT2D eigenvalue weighted by atomic mass is 19.1. The summed E-state index contributed by atoms with van der Waals surface area (Å²) in [6.07, 6.45) is -0.0735. The number of ether oxygens (including phenoxy) is 1. The predicted molar refractivity (Wildman–Crippen MR) is 80.7 cm³/mol. The molecule has 0 fully saturated rings. The van der Waals surface area contributed by atoms with Crippen LogP contribution >= 0.6 is 0 Å². The molecule has 112 valence electrons. The van der Waals surface area contributed by atoms with Crippen LogP contribution < -0.4 is 4.90 Å². The Kier molecular flexibility index (Phi) is 3.65. The summed E-state index contributed by atoms with van der Waals surface area (Å²) in [7, 11) is 1.43. The fraction of sp³-hybridized carbons (Fsp3) is 0.118. The van der Waals surface area contributed by atoms with Crippen LogP contribution in [-0.2, 0) is 4.74 Å². The Bertz CT molecular complexity index is 757. The number of aliphatic hydroxyl groups excluding tert-OH is 1. The monoisotopic (exact) mass is 299 g/mol. The molecule has 1 atom stereocenters. The van der Waals surface area contributed by atoms with Crippen molar-refractivity contribution in [3.8, 4) is 0 Å². The molecule has 1 aliphatic rings. The van der Waals surface area contributed by atoms with Crippen LogP contribution in [0.25, 0.3) is 5.76 Å². The number of para-hydroxylation sites is 1. The number of amides is 1. The third-order valence-electron chi connectivity index (χ3n) is 3.54. The third kappa shape index (κ3) is 2.46. The Morgan fingerprint density at radius 2 is 1.86 bits per heavy atom. The van der Waals surface area contributed by atoms with Gasteiger partial charge in [0.25, 0.3) is 0 Å². The van der Waals surface area contributed by atoms with Gasteiger partial charge in [0.2, 0.25) is 0 Å². The van der Waals surface area contributed by atoms with Crippen molar-refractivity contribution in [3.05, 3.63) is 71.6 Å². The average molecular weight is 299 g/mol. The van der Waals surface area contributed by atoms with Gasteiger partial charge in [0, 0.05) is 12.6 Å². The number of rotatable bonds is 2. The number of aliphatic hydroxyl groups is 1. The highest BCUT2D eigenvalue weighted by Crippen LogP contribution is 2.35. The van der Waals surface area contributed by atoms with Gasteiger partial charge in [-0.1, -0.05) is 36.4 Å². The second-order valence-electron chi connectivity index (χ2n) is 4.94. The van der Waals surface area contributed by atoms with E-state index in [1.54, 1.807) is 36.4 Å². The molecule has 0 saturated carbocycles. The molecule has 0 saturated heterocycles. The van der Waals surface area contributed by atoms with E-state index >= 15 is 0 Å². The van der Waals surface area contributed by atoms with E-state index in [0.717, 1.165) is 4.90 Å². The van der Waals surface area contributed by atoms with Gasteiger partial charge in [0.1, 0.15) is 17.7 Å². The van der Waals surface area contributed by atoms with Crippen LogP contribution in [0.2, 0.25) is 0 Å². The van der Waals surface area contributed by atoms with E-state index in [2.05, 4.69) is 0 Å². The molecule has 1 amide bonds. The number of hydrogen-bond donors (Lipinski definition) is 1. The molecule has 3 rings (SSSR count). The first kappa shape index (κ1) is 14.3. The maximum atomic E-state index is 13.7. The maximum Gasteiger partial charge on any atom is 0.419 e. The van der Waals surface area contributed by atoms with Crippen molar-refractivity contribution < 1.29 is 19.0 Å². The van der Waals surface area contributed by atoms with Crippen LogP contribution in [0.1, 0.15) is 17.2 Å². The Labute approximate surface area is 127 Å². The second kappa shape index (κ2) is 5.61. The van der Waals surface area contributed by atoms with Crippen molar-refractivity contribution in [2.45, 2.75) is 6.10 Å². The summed E-state index contributed by atoms with van der Waals surface area (Å²) in [5.74, 6) is -0.237. The molecule has 0 aliphatic heterocycles. The first-order valence-corrected chi connectivity index (χ1v) is 6.77. The van der Waals surface area contributed by atoms with E-state index in [9.17, 15) is 14.3 Å². The zero-order valence-corrected chi connectivity index (χ0v) is 11.9. The molecule has 0 aromatic heterocycles. The second-order valence-corrected chi connectivity index (χ2v) is 4.94. The SMILES string of the molecule is CN(C(=O)OC1=CC(O)c2ccccc21)c1ccccc1F. The molecule has 1 unspecified atom stereocenters. The summed E-state index contributed by atoms with van der Waals surface area (Å²) in [4.78, 5) is 13.3. The van der Waals surface area contributed by atoms with Gasteiger partial charge in [0.05, 0.1) is 5.69 Å². The lowest BCUT2D eigenvalue weighted by atomic mass is 10.1. The summed E-state index contributed by atoms with van der Waals surface area (Å²) in [5, 5.41) is 9.92. The van der Waals surface area contributed by atoms with E-state index in [-0.39, 0.29) is 11.4 Å². The molecule has 0 radical (unpaired) electrons. The van der Waals surface area contributed by atoms with Crippen LogP contribution in [-0.4, -0.2) is 18.2 Å². The van der Waals surface area contributed by atoms with Crippen LogP contribution in [0.15, 0.2) is 54.6 Å². The first-order chi connectivity index (χ1) is 10.6. The van der Waals surface area contributed by atoms with Gasteiger partial charge in [-0.3, -0.25) is 4.90 Å².